The zero-order valence-corrected chi connectivity index (χ0v) is 25.8. The molecule has 0 aromatic heterocycles. The van der Waals surface area contributed by atoms with Crippen LogP contribution in [0.5, 0.6) is 0 Å². The third kappa shape index (κ3) is 3.54. The number of carbonyl (C=O) groups is 1. The number of carbonyl (C=O) groups excluding carboxylic acids is 1. The topological polar surface area (TPSA) is 48.1 Å². The molecule has 4 nitrogen and oxygen atoms in total. The Morgan fingerprint density at radius 2 is 1.69 bits per heavy atom. The Morgan fingerprint density at radius 3 is 2.28 bits per heavy atom. The molecule has 0 amide bonds. The molecule has 0 radical (unpaired) electrons. The summed E-state index contributed by atoms with van der Waals surface area (Å²) in [6.45, 7) is 25.0. The monoisotopic (exact) mass is 516 g/mol. The summed E-state index contributed by atoms with van der Waals surface area (Å²) in [4.78, 5) is 12.0. The Hall–Kier alpha value is -0.653. The number of rotatable bonds is 4. The van der Waals surface area contributed by atoms with Crippen molar-refractivity contribution in [2.75, 3.05) is 13.2 Å². The van der Waals surface area contributed by atoms with Gasteiger partial charge in [-0.1, -0.05) is 60.1 Å². The second-order valence-electron chi connectivity index (χ2n) is 15.8. The normalized spacial score (nSPS) is 45.4. The van der Waals surface area contributed by atoms with Crippen LogP contribution in [0.2, 0.25) is 18.1 Å². The molecular weight excluding hydrogens is 464 g/mol. The molecule has 0 aromatic carbocycles. The predicted octanol–water partition coefficient (Wildman–Crippen LogP) is 7.68. The van der Waals surface area contributed by atoms with Crippen LogP contribution < -0.4 is 0 Å². The maximum absolute atomic E-state index is 12.0. The largest absolute Gasteiger partial charge is 0.462 e. The van der Waals surface area contributed by atoms with E-state index in [0.717, 1.165) is 32.5 Å². The van der Waals surface area contributed by atoms with E-state index in [2.05, 4.69) is 67.6 Å². The van der Waals surface area contributed by atoms with Crippen molar-refractivity contribution in [2.24, 2.45) is 33.5 Å². The maximum atomic E-state index is 12.0. The van der Waals surface area contributed by atoms with Gasteiger partial charge in [0, 0.05) is 29.8 Å². The molecule has 5 rings (SSSR count). The average molecular weight is 517 g/mol. The molecule has 7 atom stereocenters. The standard InChI is InChI=1S/C31H52O4Si/c1-21(32)35-25-14-17-30(19-34-36(9,10)26(2,3)4)22(27(25,5)6)11-15-28(7)23-13-18-31(20-33-31)29(23,8)16-12-24(28)30/h11,23-25H,12-20H2,1-10H3/t23-,24-,25?,28-,29+,30+,31-/m0/s1. The molecule has 204 valence electrons. The molecule has 1 saturated heterocycles. The highest BCUT2D eigenvalue weighted by atomic mass is 28.4. The average Bonchev–Trinajstić information content (AvgIpc) is 3.47. The van der Waals surface area contributed by atoms with Crippen LogP contribution in [0.15, 0.2) is 11.6 Å². The molecule has 1 aliphatic heterocycles. The first kappa shape index (κ1) is 26.9. The van der Waals surface area contributed by atoms with Gasteiger partial charge in [0.2, 0.25) is 0 Å². The van der Waals surface area contributed by atoms with Crippen LogP contribution in [-0.4, -0.2) is 39.2 Å². The minimum Gasteiger partial charge on any atom is -0.462 e. The molecule has 0 bridgehead atoms. The lowest BCUT2D eigenvalue weighted by Crippen LogP contribution is -2.62. The fraction of sp³-hybridized carbons (Fsp3) is 0.903. The van der Waals surface area contributed by atoms with Gasteiger partial charge in [-0.3, -0.25) is 4.79 Å². The first-order chi connectivity index (χ1) is 16.5. The fourth-order valence-electron chi connectivity index (χ4n) is 9.56. The summed E-state index contributed by atoms with van der Waals surface area (Å²) in [6, 6.07) is 0. The highest BCUT2D eigenvalue weighted by Crippen LogP contribution is 2.75. The zero-order valence-electron chi connectivity index (χ0n) is 24.8. The van der Waals surface area contributed by atoms with Crippen LogP contribution in [-0.2, 0) is 18.7 Å². The van der Waals surface area contributed by atoms with E-state index in [4.69, 9.17) is 13.9 Å². The van der Waals surface area contributed by atoms with Crippen molar-refractivity contribution in [2.45, 2.75) is 130 Å². The number of esters is 1. The lowest BCUT2D eigenvalue weighted by atomic mass is 9.39. The van der Waals surface area contributed by atoms with Crippen LogP contribution in [0, 0.1) is 33.5 Å². The quantitative estimate of drug-likeness (QED) is 0.166. The third-order valence-electron chi connectivity index (χ3n) is 12.8. The molecule has 5 heteroatoms. The van der Waals surface area contributed by atoms with Crippen molar-refractivity contribution in [1.29, 1.82) is 0 Å². The Morgan fingerprint density at radius 1 is 1.06 bits per heavy atom. The Kier molecular flexibility index (Phi) is 5.94. The van der Waals surface area contributed by atoms with Gasteiger partial charge in [0.1, 0.15) is 6.10 Å². The van der Waals surface area contributed by atoms with Gasteiger partial charge in [0.25, 0.3) is 0 Å². The van der Waals surface area contributed by atoms with E-state index >= 15 is 0 Å². The van der Waals surface area contributed by atoms with Crippen LogP contribution in [0.3, 0.4) is 0 Å². The zero-order chi connectivity index (χ0) is 26.6. The number of ether oxygens (including phenoxy) is 2. The first-order valence-corrected chi connectivity index (χ1v) is 17.5. The van der Waals surface area contributed by atoms with Crippen LogP contribution in [0.25, 0.3) is 0 Å². The van der Waals surface area contributed by atoms with Crippen molar-refractivity contribution < 1.29 is 18.7 Å². The molecule has 4 aliphatic carbocycles. The van der Waals surface area contributed by atoms with Crippen LogP contribution in [0.4, 0.5) is 0 Å². The van der Waals surface area contributed by atoms with Gasteiger partial charge < -0.3 is 13.9 Å². The number of fused-ring (bicyclic) bond motifs is 6. The number of hydrogen-bond acceptors (Lipinski definition) is 4. The Balaban J connectivity index is 1.57. The summed E-state index contributed by atoms with van der Waals surface area (Å²) in [7, 11) is -1.93. The first-order valence-electron chi connectivity index (χ1n) is 14.6. The van der Waals surface area contributed by atoms with Gasteiger partial charge in [0.15, 0.2) is 8.32 Å². The van der Waals surface area contributed by atoms with E-state index in [-0.39, 0.29) is 39.0 Å². The Bertz CT molecular complexity index is 956. The molecule has 5 aliphatic rings. The summed E-state index contributed by atoms with van der Waals surface area (Å²) in [5.74, 6) is 1.14. The van der Waals surface area contributed by atoms with E-state index in [1.165, 1.54) is 31.3 Å². The van der Waals surface area contributed by atoms with Gasteiger partial charge in [0.05, 0.1) is 12.2 Å². The summed E-state index contributed by atoms with van der Waals surface area (Å²) >= 11 is 0. The second-order valence-corrected chi connectivity index (χ2v) is 20.6. The fourth-order valence-corrected chi connectivity index (χ4v) is 10.6. The molecule has 4 fully saturated rings. The van der Waals surface area contributed by atoms with E-state index < -0.39 is 8.32 Å². The predicted molar refractivity (Wildman–Crippen MR) is 147 cm³/mol. The summed E-state index contributed by atoms with van der Waals surface area (Å²) in [5.41, 5.74) is 2.08. The molecule has 0 N–H and O–H groups in total. The summed E-state index contributed by atoms with van der Waals surface area (Å²) in [6.07, 6.45) is 10.7. The van der Waals surface area contributed by atoms with Crippen molar-refractivity contribution in [3.8, 4) is 0 Å². The summed E-state index contributed by atoms with van der Waals surface area (Å²) < 4.78 is 19.3. The SMILES string of the molecule is CC(=O)OC1CC[C@@]2(CO[Si](C)(C)C(C)(C)C)C(=CC[C@]3(C)[C@@H]2CC[C@]2(C)[C@H]3CC[C@]23CO3)C1(C)C. The minimum absolute atomic E-state index is 0.0180. The van der Waals surface area contributed by atoms with Gasteiger partial charge in [-0.15, -0.1) is 0 Å². The molecule has 1 unspecified atom stereocenters. The van der Waals surface area contributed by atoms with Crippen molar-refractivity contribution in [1.82, 2.24) is 0 Å². The molecule has 1 spiro atoms. The lowest BCUT2D eigenvalue weighted by Gasteiger charge is -2.66. The van der Waals surface area contributed by atoms with Crippen molar-refractivity contribution in [3.63, 3.8) is 0 Å². The molecule has 1 heterocycles. The van der Waals surface area contributed by atoms with Gasteiger partial charge in [-0.25, -0.2) is 0 Å². The summed E-state index contributed by atoms with van der Waals surface area (Å²) in [5, 5.41) is 0.183. The van der Waals surface area contributed by atoms with Gasteiger partial charge in [-0.05, 0) is 80.3 Å². The van der Waals surface area contributed by atoms with E-state index in [0.29, 0.717) is 17.3 Å². The van der Waals surface area contributed by atoms with Crippen LogP contribution in [0.1, 0.15) is 100 Å². The highest BCUT2D eigenvalue weighted by Gasteiger charge is 2.73. The highest BCUT2D eigenvalue weighted by molar-refractivity contribution is 6.74. The molecular formula is C31H52O4Si. The third-order valence-corrected chi connectivity index (χ3v) is 17.3. The van der Waals surface area contributed by atoms with Crippen LogP contribution >= 0.6 is 0 Å². The van der Waals surface area contributed by atoms with E-state index in [1.54, 1.807) is 6.92 Å². The number of epoxide rings is 1. The van der Waals surface area contributed by atoms with E-state index in [1.807, 2.05) is 0 Å². The lowest BCUT2D eigenvalue weighted by molar-refractivity contribution is -0.165. The minimum atomic E-state index is -1.93. The van der Waals surface area contributed by atoms with E-state index in [9.17, 15) is 4.79 Å². The smallest absolute Gasteiger partial charge is 0.302 e. The number of allylic oxidation sites excluding steroid dienone is 1. The Labute approximate surface area is 221 Å². The van der Waals surface area contributed by atoms with Crippen molar-refractivity contribution in [3.05, 3.63) is 11.6 Å². The molecule has 36 heavy (non-hydrogen) atoms. The number of hydrogen-bond donors (Lipinski definition) is 0. The van der Waals surface area contributed by atoms with Gasteiger partial charge >= 0.3 is 5.97 Å². The van der Waals surface area contributed by atoms with Gasteiger partial charge in [-0.2, -0.15) is 0 Å². The molecule has 3 saturated carbocycles. The van der Waals surface area contributed by atoms with Crippen molar-refractivity contribution >= 4 is 14.3 Å². The maximum Gasteiger partial charge on any atom is 0.302 e. The second kappa shape index (κ2) is 7.94. The molecule has 0 aromatic rings.